The van der Waals surface area contributed by atoms with Crippen molar-refractivity contribution in [1.82, 2.24) is 4.90 Å². The standard InChI is InChI=1S/C22H22N4O4S/c1-13-6-7-14(2)18(10-13)24-22-25(16-8-9-16)21(28)19(31-22)12-20(27)23-15-4-3-5-17(11-15)26(29)30/h3-7,10-11,16,19H,8-9,12H2,1-2H3,(H,23,27). The lowest BCUT2D eigenvalue weighted by molar-refractivity contribution is -0.384. The number of benzene rings is 2. The van der Waals surface area contributed by atoms with Gasteiger partial charge in [0.25, 0.3) is 5.69 Å². The number of nitro benzene ring substituents is 1. The Hall–Kier alpha value is -3.20. The molecule has 1 saturated carbocycles. The third kappa shape index (κ3) is 4.77. The predicted molar refractivity (Wildman–Crippen MR) is 121 cm³/mol. The Bertz CT molecular complexity index is 1100. The molecular weight excluding hydrogens is 416 g/mol. The molecule has 2 amide bonds. The third-order valence-corrected chi connectivity index (χ3v) is 6.32. The summed E-state index contributed by atoms with van der Waals surface area (Å²) in [5, 5.41) is 13.6. The van der Waals surface area contributed by atoms with Crippen molar-refractivity contribution in [2.45, 2.75) is 44.4 Å². The van der Waals surface area contributed by atoms with Gasteiger partial charge >= 0.3 is 0 Å². The lowest BCUT2D eigenvalue weighted by Crippen LogP contribution is -2.35. The SMILES string of the molecule is Cc1ccc(C)c(N=C2SC(CC(=O)Nc3cccc([N+](=O)[O-])c3)C(=O)N2C2CC2)c1. The highest BCUT2D eigenvalue weighted by atomic mass is 32.2. The molecular formula is C22H22N4O4S. The van der Waals surface area contributed by atoms with E-state index < -0.39 is 10.2 Å². The number of hydrogen-bond acceptors (Lipinski definition) is 6. The zero-order valence-corrected chi connectivity index (χ0v) is 18.0. The summed E-state index contributed by atoms with van der Waals surface area (Å²) in [7, 11) is 0. The number of nitrogens with zero attached hydrogens (tertiary/aromatic N) is 3. The van der Waals surface area contributed by atoms with Gasteiger partial charge in [-0.3, -0.25) is 24.6 Å². The van der Waals surface area contributed by atoms with Crippen LogP contribution in [0.15, 0.2) is 47.5 Å². The van der Waals surface area contributed by atoms with Crippen LogP contribution < -0.4 is 5.32 Å². The van der Waals surface area contributed by atoms with Gasteiger partial charge in [0.05, 0.1) is 10.6 Å². The fourth-order valence-electron chi connectivity index (χ4n) is 3.38. The van der Waals surface area contributed by atoms with E-state index in [0.29, 0.717) is 10.9 Å². The van der Waals surface area contributed by atoms with Gasteiger partial charge in [0.15, 0.2) is 5.17 Å². The van der Waals surface area contributed by atoms with Crippen molar-refractivity contribution in [2.24, 2.45) is 4.99 Å². The Morgan fingerprint density at radius 1 is 1.26 bits per heavy atom. The van der Waals surface area contributed by atoms with E-state index in [2.05, 4.69) is 5.32 Å². The zero-order chi connectivity index (χ0) is 22.1. The number of hydrogen-bond donors (Lipinski definition) is 1. The molecule has 1 aliphatic carbocycles. The summed E-state index contributed by atoms with van der Waals surface area (Å²) in [4.78, 5) is 42.5. The van der Waals surface area contributed by atoms with Crippen molar-refractivity contribution in [1.29, 1.82) is 0 Å². The molecule has 0 aromatic heterocycles. The van der Waals surface area contributed by atoms with Crippen molar-refractivity contribution in [3.63, 3.8) is 0 Å². The average molecular weight is 439 g/mol. The highest BCUT2D eigenvalue weighted by Gasteiger charge is 2.46. The third-order valence-electron chi connectivity index (χ3n) is 5.17. The van der Waals surface area contributed by atoms with Gasteiger partial charge in [-0.05, 0) is 49.9 Å². The number of rotatable bonds is 6. The van der Waals surface area contributed by atoms with Gasteiger partial charge in [-0.25, -0.2) is 4.99 Å². The number of amides is 2. The molecule has 0 spiro atoms. The van der Waals surface area contributed by atoms with E-state index in [-0.39, 0.29) is 30.0 Å². The highest BCUT2D eigenvalue weighted by molar-refractivity contribution is 8.15. The molecule has 9 heteroatoms. The minimum atomic E-state index is -0.567. The fourth-order valence-corrected chi connectivity index (χ4v) is 4.59. The van der Waals surface area contributed by atoms with Crippen molar-refractivity contribution in [3.05, 3.63) is 63.7 Å². The second-order valence-corrected chi connectivity index (χ2v) is 8.96. The number of non-ortho nitro benzene ring substituents is 1. The Balaban J connectivity index is 1.50. The minimum Gasteiger partial charge on any atom is -0.326 e. The molecule has 1 aliphatic heterocycles. The Labute approximate surface area is 183 Å². The molecule has 2 aliphatic rings. The van der Waals surface area contributed by atoms with Crippen LogP contribution in [-0.4, -0.2) is 38.1 Å². The zero-order valence-electron chi connectivity index (χ0n) is 17.2. The number of nitro groups is 1. The first-order valence-electron chi connectivity index (χ1n) is 10.0. The molecule has 2 aromatic rings. The summed E-state index contributed by atoms with van der Waals surface area (Å²) in [6.45, 7) is 3.97. The molecule has 1 heterocycles. The van der Waals surface area contributed by atoms with Crippen molar-refractivity contribution in [3.8, 4) is 0 Å². The monoisotopic (exact) mass is 438 g/mol. The minimum absolute atomic E-state index is 0.0266. The fraction of sp³-hybridized carbons (Fsp3) is 0.318. The first-order chi connectivity index (χ1) is 14.8. The van der Waals surface area contributed by atoms with Crippen LogP contribution in [0.5, 0.6) is 0 Å². The van der Waals surface area contributed by atoms with E-state index >= 15 is 0 Å². The van der Waals surface area contributed by atoms with Crippen molar-refractivity contribution < 1.29 is 14.5 Å². The normalized spacial score (nSPS) is 19.7. The molecule has 1 atom stereocenters. The molecule has 1 N–H and O–H groups in total. The van der Waals surface area contributed by atoms with Crippen LogP contribution in [0.4, 0.5) is 17.1 Å². The smallest absolute Gasteiger partial charge is 0.271 e. The van der Waals surface area contributed by atoms with E-state index in [0.717, 1.165) is 29.7 Å². The van der Waals surface area contributed by atoms with Crippen LogP contribution in [0, 0.1) is 24.0 Å². The molecule has 31 heavy (non-hydrogen) atoms. The summed E-state index contributed by atoms with van der Waals surface area (Å²) in [5.74, 6) is -0.471. The van der Waals surface area contributed by atoms with Crippen LogP contribution >= 0.6 is 11.8 Å². The first kappa shape index (κ1) is 21.0. The summed E-state index contributed by atoms with van der Waals surface area (Å²) in [6, 6.07) is 11.9. The quantitative estimate of drug-likeness (QED) is 0.534. The lowest BCUT2D eigenvalue weighted by atomic mass is 10.1. The van der Waals surface area contributed by atoms with Gasteiger partial charge in [-0.2, -0.15) is 0 Å². The average Bonchev–Trinajstić information content (AvgIpc) is 3.50. The van der Waals surface area contributed by atoms with Crippen LogP contribution in [0.25, 0.3) is 0 Å². The van der Waals surface area contributed by atoms with E-state index in [9.17, 15) is 19.7 Å². The van der Waals surface area contributed by atoms with Gasteiger partial charge in [0.1, 0.15) is 5.25 Å². The molecule has 2 aromatic carbocycles. The Morgan fingerprint density at radius 2 is 2.03 bits per heavy atom. The molecule has 8 nitrogen and oxygen atoms in total. The van der Waals surface area contributed by atoms with Gasteiger partial charge in [-0.15, -0.1) is 0 Å². The summed E-state index contributed by atoms with van der Waals surface area (Å²) in [5.41, 5.74) is 3.16. The number of carbonyl (C=O) groups excluding carboxylic acids is 2. The van der Waals surface area contributed by atoms with Crippen LogP contribution in [-0.2, 0) is 9.59 Å². The maximum atomic E-state index is 13.0. The van der Waals surface area contributed by atoms with E-state index in [1.54, 1.807) is 11.0 Å². The van der Waals surface area contributed by atoms with E-state index in [1.807, 2.05) is 32.0 Å². The van der Waals surface area contributed by atoms with Crippen molar-refractivity contribution >= 4 is 45.8 Å². The maximum Gasteiger partial charge on any atom is 0.271 e. The number of anilines is 1. The number of carbonyl (C=O) groups is 2. The van der Waals surface area contributed by atoms with Gasteiger partial charge in [0, 0.05) is 30.3 Å². The van der Waals surface area contributed by atoms with E-state index in [4.69, 9.17) is 4.99 Å². The van der Waals surface area contributed by atoms with Gasteiger partial charge < -0.3 is 5.32 Å². The Kier molecular flexibility index (Phi) is 5.77. The second kappa shape index (κ2) is 8.50. The van der Waals surface area contributed by atoms with Gasteiger partial charge in [-0.1, -0.05) is 30.0 Å². The topological polar surface area (TPSA) is 105 Å². The summed E-state index contributed by atoms with van der Waals surface area (Å²) >= 11 is 1.31. The predicted octanol–water partition coefficient (Wildman–Crippen LogP) is 4.33. The molecule has 4 rings (SSSR count). The first-order valence-corrected chi connectivity index (χ1v) is 10.9. The van der Waals surface area contributed by atoms with Crippen molar-refractivity contribution in [2.75, 3.05) is 5.32 Å². The molecule has 1 saturated heterocycles. The highest BCUT2D eigenvalue weighted by Crippen LogP contribution is 2.40. The molecule has 0 radical (unpaired) electrons. The largest absolute Gasteiger partial charge is 0.326 e. The molecule has 0 bridgehead atoms. The van der Waals surface area contributed by atoms with Crippen LogP contribution in [0.3, 0.4) is 0 Å². The van der Waals surface area contributed by atoms with Crippen LogP contribution in [0.1, 0.15) is 30.4 Å². The van der Waals surface area contributed by atoms with Crippen LogP contribution in [0.2, 0.25) is 0 Å². The number of amidine groups is 1. The summed E-state index contributed by atoms with van der Waals surface area (Å²) in [6.07, 6.45) is 1.84. The number of aliphatic imine (C=N–C) groups is 1. The molecule has 2 fully saturated rings. The Morgan fingerprint density at radius 3 is 2.74 bits per heavy atom. The number of nitrogens with one attached hydrogen (secondary N) is 1. The van der Waals surface area contributed by atoms with E-state index in [1.165, 1.54) is 30.0 Å². The lowest BCUT2D eigenvalue weighted by Gasteiger charge is -2.15. The second-order valence-electron chi connectivity index (χ2n) is 7.79. The number of thioether (sulfide) groups is 1. The molecule has 160 valence electrons. The number of aryl methyl sites for hydroxylation is 2. The van der Waals surface area contributed by atoms with Gasteiger partial charge in [0.2, 0.25) is 11.8 Å². The maximum absolute atomic E-state index is 13.0. The summed E-state index contributed by atoms with van der Waals surface area (Å²) < 4.78 is 0. The molecule has 1 unspecified atom stereocenters.